The van der Waals surface area contributed by atoms with Crippen molar-refractivity contribution in [1.82, 2.24) is 5.01 Å². The molecule has 0 aromatic rings. The van der Waals surface area contributed by atoms with Gasteiger partial charge in [-0.2, -0.15) is 0 Å². The monoisotopic (exact) mass is 273 g/mol. The highest BCUT2D eigenvalue weighted by atomic mass is 79.9. The second kappa shape index (κ2) is 4.99. The van der Waals surface area contributed by atoms with Gasteiger partial charge in [0.2, 0.25) is 0 Å². The number of carbonyl (C=O) groups is 1. The highest BCUT2D eigenvalue weighted by Crippen LogP contribution is 2.24. The molecule has 1 aliphatic rings. The number of ether oxygens (including phenoxy) is 1. The summed E-state index contributed by atoms with van der Waals surface area (Å²) in [6.07, 6.45) is 5.06. The molecule has 0 saturated heterocycles. The molecule has 82 valence electrons. The molecule has 0 spiro atoms. The van der Waals surface area contributed by atoms with Crippen LogP contribution >= 0.6 is 15.9 Å². The van der Waals surface area contributed by atoms with Crippen LogP contribution in [0.5, 0.6) is 0 Å². The zero-order valence-electron chi connectivity index (χ0n) is 8.24. The largest absolute Gasteiger partial charge is 0.461 e. The molecule has 0 aliphatic carbocycles. The third-order valence-corrected chi connectivity index (χ3v) is 2.36. The Morgan fingerprint density at radius 2 is 2.33 bits per heavy atom. The predicted molar refractivity (Wildman–Crippen MR) is 60.0 cm³/mol. The van der Waals surface area contributed by atoms with E-state index < -0.39 is 5.97 Å². The van der Waals surface area contributed by atoms with Gasteiger partial charge in [0.25, 0.3) is 0 Å². The smallest absolute Gasteiger partial charge is 0.356 e. The van der Waals surface area contributed by atoms with Crippen LogP contribution in [0, 0.1) is 0 Å². The van der Waals surface area contributed by atoms with Crippen LogP contribution in [0.15, 0.2) is 34.2 Å². The van der Waals surface area contributed by atoms with Crippen molar-refractivity contribution in [2.75, 3.05) is 6.61 Å². The molecule has 15 heavy (non-hydrogen) atoms. The lowest BCUT2D eigenvalue weighted by Crippen LogP contribution is -2.31. The average Bonchev–Trinajstić information content (AvgIpc) is 2.17. The third-order valence-electron chi connectivity index (χ3n) is 1.72. The molecule has 1 heterocycles. The zero-order chi connectivity index (χ0) is 11.4. The Morgan fingerprint density at radius 1 is 1.67 bits per heavy atom. The normalized spacial score (nSPS) is 18.6. The van der Waals surface area contributed by atoms with E-state index in [9.17, 15) is 4.79 Å². The van der Waals surface area contributed by atoms with Crippen molar-refractivity contribution in [3.63, 3.8) is 0 Å². The SMILES string of the molecule is CCOC(=O)/C(N)=C1\C(Br)=CC=CN1N. The van der Waals surface area contributed by atoms with Gasteiger partial charge in [0.05, 0.1) is 6.61 Å². The van der Waals surface area contributed by atoms with Gasteiger partial charge in [0, 0.05) is 10.7 Å². The maximum Gasteiger partial charge on any atom is 0.356 e. The van der Waals surface area contributed by atoms with Crippen LogP contribution in [-0.2, 0) is 9.53 Å². The molecule has 6 heteroatoms. The van der Waals surface area contributed by atoms with Gasteiger partial charge in [0.1, 0.15) is 11.4 Å². The number of hydrogen-bond donors (Lipinski definition) is 2. The summed E-state index contributed by atoms with van der Waals surface area (Å²) in [6.45, 7) is 1.98. The van der Waals surface area contributed by atoms with E-state index in [2.05, 4.69) is 15.9 Å². The summed E-state index contributed by atoms with van der Waals surface area (Å²) < 4.78 is 5.41. The van der Waals surface area contributed by atoms with Gasteiger partial charge in [-0.25, -0.2) is 10.6 Å². The van der Waals surface area contributed by atoms with Crippen LogP contribution < -0.4 is 11.6 Å². The molecule has 4 N–H and O–H groups in total. The van der Waals surface area contributed by atoms with E-state index in [1.807, 2.05) is 0 Å². The Hall–Kier alpha value is -1.27. The Kier molecular flexibility index (Phi) is 3.93. The highest BCUT2D eigenvalue weighted by Gasteiger charge is 2.19. The average molecular weight is 274 g/mol. The second-order valence-electron chi connectivity index (χ2n) is 2.75. The topological polar surface area (TPSA) is 81.6 Å². The molecule has 0 aromatic carbocycles. The first-order valence-corrected chi connectivity index (χ1v) is 5.12. The van der Waals surface area contributed by atoms with Gasteiger partial charge in [-0.3, -0.25) is 5.01 Å². The summed E-state index contributed by atoms with van der Waals surface area (Å²) in [4.78, 5) is 11.4. The van der Waals surface area contributed by atoms with Crippen LogP contribution in [0.25, 0.3) is 0 Å². The van der Waals surface area contributed by atoms with Crippen molar-refractivity contribution in [3.8, 4) is 0 Å². The minimum absolute atomic E-state index is 0.0215. The van der Waals surface area contributed by atoms with E-state index in [-0.39, 0.29) is 12.3 Å². The number of hydrazine groups is 1. The fraction of sp³-hybridized carbons (Fsp3) is 0.222. The van der Waals surface area contributed by atoms with Gasteiger partial charge in [-0.05, 0) is 35.0 Å². The van der Waals surface area contributed by atoms with Crippen LogP contribution in [0.3, 0.4) is 0 Å². The molecule has 0 radical (unpaired) electrons. The summed E-state index contributed by atoms with van der Waals surface area (Å²) >= 11 is 3.26. The number of hydrogen-bond acceptors (Lipinski definition) is 5. The van der Waals surface area contributed by atoms with Gasteiger partial charge < -0.3 is 10.5 Å². The Labute approximate surface area is 96.1 Å². The number of nitrogens with zero attached hydrogens (tertiary/aromatic N) is 1. The molecule has 1 rings (SSSR count). The van der Waals surface area contributed by atoms with Crippen molar-refractivity contribution < 1.29 is 9.53 Å². The van der Waals surface area contributed by atoms with Crippen LogP contribution in [-0.4, -0.2) is 17.6 Å². The molecule has 0 aromatic heterocycles. The number of allylic oxidation sites excluding steroid dienone is 3. The highest BCUT2D eigenvalue weighted by molar-refractivity contribution is 9.12. The summed E-state index contributed by atoms with van der Waals surface area (Å²) in [6, 6.07) is 0. The van der Waals surface area contributed by atoms with Gasteiger partial charge in [0.15, 0.2) is 0 Å². The summed E-state index contributed by atoms with van der Waals surface area (Å²) in [5.41, 5.74) is 6.02. The van der Waals surface area contributed by atoms with Gasteiger partial charge in [-0.1, -0.05) is 0 Å². The summed E-state index contributed by atoms with van der Waals surface area (Å²) in [5.74, 6) is 5.05. The summed E-state index contributed by atoms with van der Waals surface area (Å²) in [5, 5.41) is 1.26. The Morgan fingerprint density at radius 3 is 2.87 bits per heavy atom. The van der Waals surface area contributed by atoms with E-state index >= 15 is 0 Å². The molecular formula is C9H12BrN3O2. The third kappa shape index (κ3) is 2.60. The maximum atomic E-state index is 11.4. The molecule has 0 fully saturated rings. The molecule has 0 unspecified atom stereocenters. The first-order valence-electron chi connectivity index (χ1n) is 4.33. The first kappa shape index (κ1) is 11.8. The van der Waals surface area contributed by atoms with Crippen molar-refractivity contribution in [2.45, 2.75) is 6.92 Å². The van der Waals surface area contributed by atoms with Gasteiger partial charge >= 0.3 is 5.97 Å². The molecule has 0 bridgehead atoms. The van der Waals surface area contributed by atoms with E-state index in [0.717, 1.165) is 0 Å². The minimum Gasteiger partial charge on any atom is -0.461 e. The number of nitrogens with two attached hydrogens (primary N) is 2. The van der Waals surface area contributed by atoms with E-state index in [4.69, 9.17) is 16.3 Å². The quantitative estimate of drug-likeness (QED) is 0.440. The van der Waals surface area contributed by atoms with Gasteiger partial charge in [-0.15, -0.1) is 0 Å². The van der Waals surface area contributed by atoms with Crippen LogP contribution in [0.2, 0.25) is 0 Å². The van der Waals surface area contributed by atoms with Crippen molar-refractivity contribution in [1.29, 1.82) is 0 Å². The first-order chi connectivity index (χ1) is 7.07. The number of carbonyl (C=O) groups excluding carboxylic acids is 1. The number of rotatable bonds is 2. The maximum absolute atomic E-state index is 11.4. The van der Waals surface area contributed by atoms with E-state index in [0.29, 0.717) is 10.2 Å². The predicted octanol–water partition coefficient (Wildman–Crippen LogP) is 0.702. The minimum atomic E-state index is -0.580. The lowest BCUT2D eigenvalue weighted by atomic mass is 10.2. The lowest BCUT2D eigenvalue weighted by Gasteiger charge is -2.21. The zero-order valence-corrected chi connectivity index (χ0v) is 9.82. The number of halogens is 1. The van der Waals surface area contributed by atoms with E-state index in [1.165, 1.54) is 5.01 Å². The van der Waals surface area contributed by atoms with Crippen molar-refractivity contribution in [3.05, 3.63) is 34.2 Å². The number of esters is 1. The van der Waals surface area contributed by atoms with Crippen LogP contribution in [0.4, 0.5) is 0 Å². The second-order valence-corrected chi connectivity index (χ2v) is 3.60. The standard InChI is InChI=1S/C9H12BrN3O2/c1-2-15-9(14)7(11)8-6(10)4-3-5-13(8)12/h3-5H,2,11-12H2,1H3/b8-7-. The summed E-state index contributed by atoms with van der Waals surface area (Å²) in [7, 11) is 0. The lowest BCUT2D eigenvalue weighted by molar-refractivity contribution is -0.138. The molecular weight excluding hydrogens is 262 g/mol. The molecule has 0 saturated carbocycles. The van der Waals surface area contributed by atoms with E-state index in [1.54, 1.807) is 25.3 Å². The molecule has 0 atom stereocenters. The molecule has 1 aliphatic heterocycles. The fourth-order valence-electron chi connectivity index (χ4n) is 1.07. The molecule has 0 amide bonds. The Bertz CT molecular complexity index is 360. The Balaban J connectivity index is 3.02. The molecule has 5 nitrogen and oxygen atoms in total. The van der Waals surface area contributed by atoms with Crippen molar-refractivity contribution in [2.24, 2.45) is 11.6 Å². The fourth-order valence-corrected chi connectivity index (χ4v) is 1.64. The van der Waals surface area contributed by atoms with Crippen molar-refractivity contribution >= 4 is 21.9 Å². The van der Waals surface area contributed by atoms with Crippen LogP contribution in [0.1, 0.15) is 6.92 Å².